The van der Waals surface area contributed by atoms with Crippen LogP contribution in [0.3, 0.4) is 0 Å². The van der Waals surface area contributed by atoms with Crippen LogP contribution in [0.1, 0.15) is 90.5 Å². The summed E-state index contributed by atoms with van der Waals surface area (Å²) in [6, 6.07) is 54.1. The zero-order chi connectivity index (χ0) is 41.8. The Balaban J connectivity index is 1.43. The third-order valence-corrected chi connectivity index (χ3v) is 11.6. The standard InChI is InChI=1S/C54H62O5/c1-9-53(7,43-27-31-47(32-28-43)55-39(3)4)51(37-41-19-17-25-49(35-41)57-45-21-13-11-14-22-45)59-52(54(8,10-2)44-29-33-48(34-30-44)56-40(5)6)38-42-20-18-26-50(36-42)58-46-23-15-12-16-24-46/h11-36,39-40,51-52H,9-10,37-38H2,1-8H3. The molecule has 59 heavy (non-hydrogen) atoms. The van der Waals surface area contributed by atoms with Crippen molar-refractivity contribution in [3.05, 3.63) is 180 Å². The van der Waals surface area contributed by atoms with Crippen molar-refractivity contribution in [1.29, 1.82) is 0 Å². The molecule has 0 bridgehead atoms. The van der Waals surface area contributed by atoms with Gasteiger partial charge in [0.25, 0.3) is 0 Å². The van der Waals surface area contributed by atoms with Gasteiger partial charge in [-0.3, -0.25) is 0 Å². The van der Waals surface area contributed by atoms with Crippen molar-refractivity contribution in [1.82, 2.24) is 0 Å². The summed E-state index contributed by atoms with van der Waals surface area (Å²) < 4.78 is 32.7. The van der Waals surface area contributed by atoms with Crippen LogP contribution < -0.4 is 18.9 Å². The Morgan fingerprint density at radius 1 is 0.407 bits per heavy atom. The molecule has 6 rings (SSSR count). The second kappa shape index (κ2) is 20.0. The summed E-state index contributed by atoms with van der Waals surface area (Å²) in [5, 5.41) is 0. The molecule has 0 heterocycles. The SMILES string of the molecule is CCC(C)(c1ccc(OC(C)C)cc1)C(Cc1cccc(Oc2ccccc2)c1)OC(Cc1cccc(Oc2ccccc2)c1)C(C)(CC)c1ccc(OC(C)C)cc1. The molecule has 0 fully saturated rings. The first-order valence-corrected chi connectivity index (χ1v) is 21.3. The molecule has 4 atom stereocenters. The number of benzene rings is 6. The molecule has 308 valence electrons. The topological polar surface area (TPSA) is 46.2 Å². The molecular formula is C54H62O5. The van der Waals surface area contributed by atoms with Gasteiger partial charge in [0, 0.05) is 10.8 Å². The second-order valence-corrected chi connectivity index (χ2v) is 16.6. The fourth-order valence-corrected chi connectivity index (χ4v) is 7.80. The van der Waals surface area contributed by atoms with Crippen LogP contribution in [0.25, 0.3) is 0 Å². The van der Waals surface area contributed by atoms with Crippen molar-refractivity contribution in [2.45, 2.75) is 116 Å². The van der Waals surface area contributed by atoms with E-state index in [0.29, 0.717) is 12.8 Å². The highest BCUT2D eigenvalue weighted by Crippen LogP contribution is 2.42. The summed E-state index contributed by atoms with van der Waals surface area (Å²) in [6.45, 7) is 17.5. The third-order valence-electron chi connectivity index (χ3n) is 11.6. The van der Waals surface area contributed by atoms with Crippen LogP contribution in [0.5, 0.6) is 34.5 Å². The van der Waals surface area contributed by atoms with Crippen molar-refractivity contribution >= 4 is 0 Å². The molecular weight excluding hydrogens is 729 g/mol. The maximum absolute atomic E-state index is 7.84. The Hall–Kier alpha value is -5.52. The zero-order valence-electron chi connectivity index (χ0n) is 36.2. The largest absolute Gasteiger partial charge is 0.491 e. The Morgan fingerprint density at radius 3 is 1.10 bits per heavy atom. The van der Waals surface area contributed by atoms with Gasteiger partial charge in [-0.25, -0.2) is 0 Å². The number of para-hydroxylation sites is 2. The average Bonchev–Trinajstić information content (AvgIpc) is 3.23. The summed E-state index contributed by atoms with van der Waals surface area (Å²) in [7, 11) is 0. The van der Waals surface area contributed by atoms with Crippen LogP contribution in [-0.2, 0) is 28.4 Å². The molecule has 5 heteroatoms. The molecule has 0 saturated heterocycles. The molecule has 4 unspecified atom stereocenters. The first-order valence-electron chi connectivity index (χ1n) is 21.3. The Labute approximate surface area is 353 Å². The predicted octanol–water partition coefficient (Wildman–Crippen LogP) is 14.1. The molecule has 5 nitrogen and oxygen atoms in total. The summed E-state index contributed by atoms with van der Waals surface area (Å²) in [5.41, 5.74) is 3.98. The van der Waals surface area contributed by atoms with Crippen LogP contribution in [0.2, 0.25) is 0 Å². The van der Waals surface area contributed by atoms with Gasteiger partial charge in [0.1, 0.15) is 34.5 Å². The van der Waals surface area contributed by atoms with Gasteiger partial charge in [0.05, 0.1) is 24.4 Å². The van der Waals surface area contributed by atoms with E-state index < -0.39 is 0 Å². The van der Waals surface area contributed by atoms with Crippen LogP contribution in [0.15, 0.2) is 158 Å². The maximum Gasteiger partial charge on any atom is 0.127 e. The predicted molar refractivity (Wildman–Crippen MR) is 242 cm³/mol. The van der Waals surface area contributed by atoms with E-state index in [1.807, 2.05) is 72.8 Å². The number of rotatable bonds is 20. The van der Waals surface area contributed by atoms with Crippen LogP contribution in [0, 0.1) is 0 Å². The van der Waals surface area contributed by atoms with Gasteiger partial charge in [-0.1, -0.05) is 113 Å². The Morgan fingerprint density at radius 2 is 0.763 bits per heavy atom. The quantitative estimate of drug-likeness (QED) is 0.0771. The van der Waals surface area contributed by atoms with E-state index in [-0.39, 0.29) is 35.2 Å². The van der Waals surface area contributed by atoms with E-state index >= 15 is 0 Å². The molecule has 0 saturated carbocycles. The lowest BCUT2D eigenvalue weighted by Gasteiger charge is -2.45. The Bertz CT molecular complexity index is 2010. The fourth-order valence-electron chi connectivity index (χ4n) is 7.80. The first kappa shape index (κ1) is 43.1. The van der Waals surface area contributed by atoms with E-state index in [1.165, 1.54) is 11.1 Å². The van der Waals surface area contributed by atoms with E-state index in [0.717, 1.165) is 58.5 Å². The highest BCUT2D eigenvalue weighted by Gasteiger charge is 2.42. The molecule has 0 radical (unpaired) electrons. The third kappa shape index (κ3) is 11.4. The molecule has 0 aliphatic heterocycles. The number of hydrogen-bond donors (Lipinski definition) is 0. The minimum absolute atomic E-state index is 0.0925. The lowest BCUT2D eigenvalue weighted by molar-refractivity contribution is -0.0840. The Kier molecular flexibility index (Phi) is 14.6. The zero-order valence-corrected chi connectivity index (χ0v) is 36.2. The van der Waals surface area contributed by atoms with Crippen LogP contribution in [0.4, 0.5) is 0 Å². The van der Waals surface area contributed by atoms with Gasteiger partial charge in [-0.05, 0) is 148 Å². The van der Waals surface area contributed by atoms with E-state index in [4.69, 9.17) is 23.7 Å². The molecule has 0 aromatic heterocycles. The normalized spacial score (nSPS) is 14.5. The molecule has 0 aliphatic rings. The molecule has 0 spiro atoms. The van der Waals surface area contributed by atoms with Crippen molar-refractivity contribution in [3.8, 4) is 34.5 Å². The lowest BCUT2D eigenvalue weighted by atomic mass is 9.71. The summed E-state index contributed by atoms with van der Waals surface area (Å²) in [6.07, 6.45) is 2.81. The van der Waals surface area contributed by atoms with Crippen molar-refractivity contribution in [3.63, 3.8) is 0 Å². The fraction of sp³-hybridized carbons (Fsp3) is 0.333. The van der Waals surface area contributed by atoms with Gasteiger partial charge in [-0.15, -0.1) is 0 Å². The van der Waals surface area contributed by atoms with Gasteiger partial charge >= 0.3 is 0 Å². The van der Waals surface area contributed by atoms with Crippen molar-refractivity contribution in [2.75, 3.05) is 0 Å². The smallest absolute Gasteiger partial charge is 0.127 e. The highest BCUT2D eigenvalue weighted by molar-refractivity contribution is 5.39. The summed E-state index contributed by atoms with van der Waals surface area (Å²) >= 11 is 0. The van der Waals surface area contributed by atoms with E-state index in [9.17, 15) is 0 Å². The molecule has 6 aromatic carbocycles. The summed E-state index contributed by atoms with van der Waals surface area (Å²) in [5.74, 6) is 4.95. The molecule has 0 amide bonds. The van der Waals surface area contributed by atoms with Gasteiger partial charge in [0.15, 0.2) is 0 Å². The maximum atomic E-state index is 7.84. The number of hydrogen-bond acceptors (Lipinski definition) is 5. The van der Waals surface area contributed by atoms with Crippen LogP contribution in [-0.4, -0.2) is 24.4 Å². The van der Waals surface area contributed by atoms with Gasteiger partial charge < -0.3 is 23.7 Å². The first-order chi connectivity index (χ1) is 28.5. The van der Waals surface area contributed by atoms with Crippen LogP contribution >= 0.6 is 0 Å². The minimum Gasteiger partial charge on any atom is -0.491 e. The van der Waals surface area contributed by atoms with E-state index in [2.05, 4.69) is 140 Å². The number of ether oxygens (including phenoxy) is 5. The highest BCUT2D eigenvalue weighted by atomic mass is 16.5. The van der Waals surface area contributed by atoms with Gasteiger partial charge in [-0.2, -0.15) is 0 Å². The van der Waals surface area contributed by atoms with Gasteiger partial charge in [0.2, 0.25) is 0 Å². The monoisotopic (exact) mass is 790 g/mol. The van der Waals surface area contributed by atoms with Crippen molar-refractivity contribution < 1.29 is 23.7 Å². The summed E-state index contributed by atoms with van der Waals surface area (Å²) in [4.78, 5) is 0. The second-order valence-electron chi connectivity index (χ2n) is 16.6. The lowest BCUT2D eigenvalue weighted by Crippen LogP contribution is -2.48. The minimum atomic E-state index is -0.368. The molecule has 0 aliphatic carbocycles. The van der Waals surface area contributed by atoms with E-state index in [1.54, 1.807) is 0 Å². The molecule has 6 aromatic rings. The molecule has 0 N–H and O–H groups in total. The van der Waals surface area contributed by atoms with Crippen molar-refractivity contribution in [2.24, 2.45) is 0 Å². The average molecular weight is 791 g/mol.